The van der Waals surface area contributed by atoms with Crippen molar-refractivity contribution in [3.8, 4) is 11.5 Å². The molecular formula is C13H19NO2. The molecule has 0 aromatic heterocycles. The molecule has 0 spiro atoms. The van der Waals surface area contributed by atoms with Crippen LogP contribution in [0.5, 0.6) is 11.5 Å². The Labute approximate surface area is 96.1 Å². The summed E-state index contributed by atoms with van der Waals surface area (Å²) < 4.78 is 0. The molecule has 1 fully saturated rings. The maximum atomic E-state index is 9.73. The minimum Gasteiger partial charge on any atom is -0.507 e. The van der Waals surface area contributed by atoms with Gasteiger partial charge in [-0.3, -0.25) is 0 Å². The minimum absolute atomic E-state index is 0.0307. The van der Waals surface area contributed by atoms with Crippen molar-refractivity contribution in [2.45, 2.75) is 38.8 Å². The molecule has 88 valence electrons. The summed E-state index contributed by atoms with van der Waals surface area (Å²) in [4.78, 5) is 0. The van der Waals surface area contributed by atoms with Crippen LogP contribution >= 0.6 is 0 Å². The van der Waals surface area contributed by atoms with Gasteiger partial charge in [-0.2, -0.15) is 0 Å². The molecule has 3 nitrogen and oxygen atoms in total. The highest BCUT2D eigenvalue weighted by Gasteiger charge is 2.29. The Balaban J connectivity index is 2.10. The van der Waals surface area contributed by atoms with Gasteiger partial charge in [-0.25, -0.2) is 0 Å². The van der Waals surface area contributed by atoms with Gasteiger partial charge in [0, 0.05) is 12.1 Å². The smallest absolute Gasteiger partial charge is 0.124 e. The lowest BCUT2D eigenvalue weighted by molar-refractivity contribution is 0.393. The molecule has 0 aliphatic heterocycles. The Morgan fingerprint density at radius 1 is 1.19 bits per heavy atom. The average Bonchev–Trinajstić information content (AvgIpc) is 2.99. The van der Waals surface area contributed by atoms with E-state index in [4.69, 9.17) is 0 Å². The zero-order valence-corrected chi connectivity index (χ0v) is 9.77. The molecular weight excluding hydrogens is 202 g/mol. The zero-order chi connectivity index (χ0) is 11.7. The molecule has 1 aliphatic carbocycles. The molecule has 3 N–H and O–H groups in total. The van der Waals surface area contributed by atoms with Crippen LogP contribution in [0.2, 0.25) is 0 Å². The molecule has 0 heterocycles. The second kappa shape index (κ2) is 4.34. The van der Waals surface area contributed by atoms with E-state index in [0.29, 0.717) is 11.6 Å². The number of nitrogens with one attached hydrogen (secondary N) is 1. The van der Waals surface area contributed by atoms with E-state index in [1.54, 1.807) is 18.2 Å². The molecule has 1 aliphatic rings. The van der Waals surface area contributed by atoms with Crippen LogP contribution in [-0.2, 0) is 0 Å². The third-order valence-electron chi connectivity index (χ3n) is 3.34. The average molecular weight is 221 g/mol. The van der Waals surface area contributed by atoms with Gasteiger partial charge in [-0.15, -0.1) is 0 Å². The Morgan fingerprint density at radius 3 is 2.25 bits per heavy atom. The third-order valence-corrected chi connectivity index (χ3v) is 3.34. The predicted octanol–water partition coefficient (Wildman–Crippen LogP) is 2.55. The van der Waals surface area contributed by atoms with Gasteiger partial charge in [-0.05, 0) is 44.7 Å². The van der Waals surface area contributed by atoms with Crippen LogP contribution in [0, 0.1) is 5.92 Å². The van der Waals surface area contributed by atoms with Crippen molar-refractivity contribution in [2.75, 3.05) is 0 Å². The third kappa shape index (κ3) is 2.30. The van der Waals surface area contributed by atoms with Crippen molar-refractivity contribution in [1.29, 1.82) is 0 Å². The summed E-state index contributed by atoms with van der Waals surface area (Å²) in [5.74, 6) is 1.07. The quantitative estimate of drug-likeness (QED) is 0.732. The van der Waals surface area contributed by atoms with Crippen LogP contribution in [0.15, 0.2) is 18.2 Å². The first-order valence-electron chi connectivity index (χ1n) is 5.86. The molecule has 2 unspecified atom stereocenters. The van der Waals surface area contributed by atoms with Crippen molar-refractivity contribution in [3.63, 3.8) is 0 Å². The Morgan fingerprint density at radius 2 is 1.75 bits per heavy atom. The van der Waals surface area contributed by atoms with E-state index in [2.05, 4.69) is 12.2 Å². The highest BCUT2D eigenvalue weighted by Crippen LogP contribution is 2.36. The molecule has 1 aromatic carbocycles. The molecule has 0 bridgehead atoms. The lowest BCUT2D eigenvalue weighted by atomic mass is 10.0. The second-order valence-corrected chi connectivity index (χ2v) is 4.72. The number of hydrogen-bond donors (Lipinski definition) is 3. The molecule has 1 aromatic rings. The lowest BCUT2D eigenvalue weighted by Crippen LogP contribution is -2.30. The number of benzene rings is 1. The Hall–Kier alpha value is -1.22. The van der Waals surface area contributed by atoms with Gasteiger partial charge in [-0.1, -0.05) is 6.07 Å². The summed E-state index contributed by atoms with van der Waals surface area (Å²) in [5, 5.41) is 22.9. The van der Waals surface area contributed by atoms with E-state index in [-0.39, 0.29) is 17.5 Å². The summed E-state index contributed by atoms with van der Waals surface area (Å²) in [6.45, 7) is 4.12. The van der Waals surface area contributed by atoms with Crippen LogP contribution in [-0.4, -0.2) is 16.3 Å². The first kappa shape index (κ1) is 11.3. The molecule has 1 saturated carbocycles. The van der Waals surface area contributed by atoms with Gasteiger partial charge < -0.3 is 15.5 Å². The Bertz CT molecular complexity index is 354. The molecule has 0 saturated heterocycles. The van der Waals surface area contributed by atoms with Crippen molar-refractivity contribution in [3.05, 3.63) is 23.8 Å². The number of phenolic OH excluding ortho intramolecular Hbond substituents is 2. The molecule has 2 rings (SSSR count). The van der Waals surface area contributed by atoms with E-state index in [0.717, 1.165) is 5.92 Å². The number of hydrogen-bond acceptors (Lipinski definition) is 3. The molecule has 0 radical (unpaired) electrons. The molecule has 2 atom stereocenters. The van der Waals surface area contributed by atoms with Gasteiger partial charge in [0.25, 0.3) is 0 Å². The largest absolute Gasteiger partial charge is 0.507 e. The lowest BCUT2D eigenvalue weighted by Gasteiger charge is -2.21. The fourth-order valence-corrected chi connectivity index (χ4v) is 2.19. The normalized spacial score (nSPS) is 19.4. The Kier molecular flexibility index (Phi) is 3.06. The molecule has 0 amide bonds. The van der Waals surface area contributed by atoms with E-state index >= 15 is 0 Å². The van der Waals surface area contributed by atoms with Crippen molar-refractivity contribution >= 4 is 0 Å². The topological polar surface area (TPSA) is 52.5 Å². The van der Waals surface area contributed by atoms with Gasteiger partial charge >= 0.3 is 0 Å². The summed E-state index contributed by atoms with van der Waals surface area (Å²) in [6, 6.07) is 5.26. The van der Waals surface area contributed by atoms with E-state index in [9.17, 15) is 10.2 Å². The van der Waals surface area contributed by atoms with Gasteiger partial charge in [0.1, 0.15) is 11.5 Å². The SMILES string of the molecule is CC(NC(C)C1CC1)c1c(O)cccc1O. The number of rotatable bonds is 4. The van der Waals surface area contributed by atoms with Gasteiger partial charge in [0.05, 0.1) is 5.56 Å². The van der Waals surface area contributed by atoms with E-state index in [1.165, 1.54) is 12.8 Å². The van der Waals surface area contributed by atoms with Crippen molar-refractivity contribution in [2.24, 2.45) is 5.92 Å². The standard InChI is InChI=1S/C13H19NO2/c1-8(10-6-7-10)14-9(2)13-11(15)4-3-5-12(13)16/h3-5,8-10,14-16H,6-7H2,1-2H3. The van der Waals surface area contributed by atoms with E-state index in [1.807, 2.05) is 6.92 Å². The predicted molar refractivity (Wildman–Crippen MR) is 63.5 cm³/mol. The molecule has 16 heavy (non-hydrogen) atoms. The highest BCUT2D eigenvalue weighted by atomic mass is 16.3. The van der Waals surface area contributed by atoms with Gasteiger partial charge in [0.15, 0.2) is 0 Å². The number of aromatic hydroxyl groups is 2. The van der Waals surface area contributed by atoms with Crippen molar-refractivity contribution in [1.82, 2.24) is 5.32 Å². The summed E-state index contributed by atoms with van der Waals surface area (Å²) >= 11 is 0. The van der Waals surface area contributed by atoms with Crippen LogP contribution in [0.25, 0.3) is 0 Å². The second-order valence-electron chi connectivity index (χ2n) is 4.72. The highest BCUT2D eigenvalue weighted by molar-refractivity contribution is 5.44. The molecule has 3 heteroatoms. The fraction of sp³-hybridized carbons (Fsp3) is 0.538. The zero-order valence-electron chi connectivity index (χ0n) is 9.77. The van der Waals surface area contributed by atoms with Crippen LogP contribution in [0.1, 0.15) is 38.3 Å². The van der Waals surface area contributed by atoms with Crippen LogP contribution in [0.4, 0.5) is 0 Å². The summed E-state index contributed by atoms with van der Waals surface area (Å²) in [6.07, 6.45) is 2.57. The van der Waals surface area contributed by atoms with Crippen LogP contribution in [0.3, 0.4) is 0 Å². The first-order valence-corrected chi connectivity index (χ1v) is 5.86. The maximum Gasteiger partial charge on any atom is 0.124 e. The van der Waals surface area contributed by atoms with Crippen LogP contribution < -0.4 is 5.32 Å². The number of phenols is 2. The monoisotopic (exact) mass is 221 g/mol. The first-order chi connectivity index (χ1) is 7.59. The van der Waals surface area contributed by atoms with E-state index < -0.39 is 0 Å². The maximum absolute atomic E-state index is 9.73. The summed E-state index contributed by atoms with van der Waals surface area (Å²) in [7, 11) is 0. The fourth-order valence-electron chi connectivity index (χ4n) is 2.19. The summed E-state index contributed by atoms with van der Waals surface area (Å²) in [5.41, 5.74) is 0.593. The van der Waals surface area contributed by atoms with Crippen molar-refractivity contribution < 1.29 is 10.2 Å². The minimum atomic E-state index is -0.0307. The van der Waals surface area contributed by atoms with Gasteiger partial charge in [0.2, 0.25) is 0 Å².